The van der Waals surface area contributed by atoms with Gasteiger partial charge in [0.05, 0.1) is 18.1 Å². The minimum atomic E-state index is -3.73. The van der Waals surface area contributed by atoms with Crippen LogP contribution in [0.15, 0.2) is 22.9 Å². The topological polar surface area (TPSA) is 97.1 Å². The van der Waals surface area contributed by atoms with Gasteiger partial charge in [0.2, 0.25) is 0 Å². The zero-order chi connectivity index (χ0) is 14.0. The zero-order valence-electron chi connectivity index (χ0n) is 10.4. The lowest BCUT2D eigenvalue weighted by Gasteiger charge is -2.01. The molecule has 9 heteroatoms. The maximum atomic E-state index is 12.0. The van der Waals surface area contributed by atoms with E-state index in [9.17, 15) is 13.5 Å². The molecule has 0 spiro atoms. The Hall–Kier alpha value is -1.45. The van der Waals surface area contributed by atoms with Crippen molar-refractivity contribution in [2.75, 3.05) is 4.72 Å². The molecule has 0 amide bonds. The van der Waals surface area contributed by atoms with Crippen LogP contribution in [-0.4, -0.2) is 28.1 Å². The van der Waals surface area contributed by atoms with Gasteiger partial charge in [-0.2, -0.15) is 8.42 Å². The van der Waals surface area contributed by atoms with Gasteiger partial charge >= 0.3 is 0 Å². The largest absolute Gasteiger partial charge is 0.387 e. The molecule has 0 saturated carbocycles. The third-order valence-electron chi connectivity index (χ3n) is 2.42. The van der Waals surface area contributed by atoms with Gasteiger partial charge in [-0.3, -0.25) is 4.72 Å². The van der Waals surface area contributed by atoms with Crippen molar-refractivity contribution in [3.63, 3.8) is 0 Å². The summed E-state index contributed by atoms with van der Waals surface area (Å²) < 4.78 is 28.1. The molecule has 0 aliphatic heterocycles. The molecule has 1 atom stereocenters. The Morgan fingerprint density at radius 1 is 1.58 bits per heavy atom. The first-order valence-corrected chi connectivity index (χ1v) is 7.96. The highest BCUT2D eigenvalue weighted by molar-refractivity contribution is 7.92. The first-order chi connectivity index (χ1) is 8.92. The molecule has 0 aliphatic carbocycles. The van der Waals surface area contributed by atoms with Crippen LogP contribution in [0.4, 0.5) is 5.13 Å². The number of aromatic nitrogens is 3. The maximum absolute atomic E-state index is 12.0. The number of hydrogen-bond acceptors (Lipinski definition) is 6. The van der Waals surface area contributed by atoms with E-state index in [0.29, 0.717) is 12.2 Å². The highest BCUT2D eigenvalue weighted by atomic mass is 32.2. The Bertz CT molecular complexity index is 660. The van der Waals surface area contributed by atoms with Gasteiger partial charge in [0.1, 0.15) is 0 Å². The molecular weight excluding hydrogens is 288 g/mol. The number of aryl methyl sites for hydroxylation is 1. The number of rotatable bonds is 5. The predicted octanol–water partition coefficient (Wildman–Crippen LogP) is 1.21. The fourth-order valence-electron chi connectivity index (χ4n) is 1.34. The molecule has 2 rings (SSSR count). The highest BCUT2D eigenvalue weighted by Crippen LogP contribution is 2.22. The fourth-order valence-corrected chi connectivity index (χ4v) is 3.35. The first-order valence-electron chi connectivity index (χ1n) is 5.60. The molecule has 0 saturated heterocycles. The molecule has 0 fully saturated rings. The third kappa shape index (κ3) is 3.11. The van der Waals surface area contributed by atoms with Crippen LogP contribution in [0.5, 0.6) is 0 Å². The number of aliphatic hydroxyl groups excluding tert-OH is 1. The van der Waals surface area contributed by atoms with Gasteiger partial charge in [-0.15, -0.1) is 11.3 Å². The summed E-state index contributed by atoms with van der Waals surface area (Å²) >= 11 is 1.12. The van der Waals surface area contributed by atoms with Gasteiger partial charge in [-0.25, -0.2) is 9.97 Å². The number of thiazole rings is 1. The van der Waals surface area contributed by atoms with Crippen LogP contribution >= 0.6 is 11.3 Å². The van der Waals surface area contributed by atoms with E-state index in [0.717, 1.165) is 11.3 Å². The molecule has 2 aromatic rings. The van der Waals surface area contributed by atoms with E-state index >= 15 is 0 Å². The number of sulfonamides is 1. The average molecular weight is 302 g/mol. The Morgan fingerprint density at radius 3 is 2.84 bits per heavy atom. The number of anilines is 1. The lowest BCUT2D eigenvalue weighted by molar-refractivity contribution is 0.195. The Labute approximate surface area is 115 Å². The SMILES string of the molecule is CCn1cnc(S(=O)(=O)Nc2nc(C(C)O)cs2)c1. The monoisotopic (exact) mass is 302 g/mol. The first kappa shape index (κ1) is 14.0. The standard InChI is InChI=1S/C10H14N4O3S2/c1-3-14-4-9(11-6-14)19(16,17)13-10-12-8(5-18-10)7(2)15/h4-7,15H,3H2,1-2H3,(H,12,13). The van der Waals surface area contributed by atoms with E-state index < -0.39 is 16.1 Å². The number of aliphatic hydroxyl groups is 1. The van der Waals surface area contributed by atoms with Crippen LogP contribution in [0.2, 0.25) is 0 Å². The van der Waals surface area contributed by atoms with Crippen molar-refractivity contribution < 1.29 is 13.5 Å². The predicted molar refractivity (Wildman–Crippen MR) is 71.5 cm³/mol. The summed E-state index contributed by atoms with van der Waals surface area (Å²) in [6, 6.07) is 0. The summed E-state index contributed by atoms with van der Waals surface area (Å²) in [5.74, 6) is 0. The second-order valence-corrected chi connectivity index (χ2v) is 6.39. The fraction of sp³-hybridized carbons (Fsp3) is 0.400. The van der Waals surface area contributed by atoms with Crippen LogP contribution in [0.3, 0.4) is 0 Å². The smallest absolute Gasteiger partial charge is 0.282 e. The van der Waals surface area contributed by atoms with Crippen LogP contribution in [0.25, 0.3) is 0 Å². The summed E-state index contributed by atoms with van der Waals surface area (Å²) in [7, 11) is -3.73. The van der Waals surface area contributed by atoms with Crippen LogP contribution < -0.4 is 4.72 Å². The summed E-state index contributed by atoms with van der Waals surface area (Å²) in [5.41, 5.74) is 0.432. The van der Waals surface area contributed by atoms with Gasteiger partial charge < -0.3 is 9.67 Å². The molecule has 2 N–H and O–H groups in total. The Balaban J connectivity index is 2.20. The molecule has 104 valence electrons. The molecule has 0 radical (unpaired) electrons. The normalized spacial score (nSPS) is 13.4. The average Bonchev–Trinajstić information content (AvgIpc) is 2.96. The lowest BCUT2D eigenvalue weighted by Crippen LogP contribution is -2.13. The number of hydrogen-bond donors (Lipinski definition) is 2. The van der Waals surface area contributed by atoms with Crippen molar-refractivity contribution in [2.24, 2.45) is 0 Å². The minimum absolute atomic E-state index is 0.0526. The van der Waals surface area contributed by atoms with Gasteiger partial charge in [0.15, 0.2) is 10.2 Å². The number of imidazole rings is 1. The van der Waals surface area contributed by atoms with Gasteiger partial charge in [0.25, 0.3) is 10.0 Å². The zero-order valence-corrected chi connectivity index (χ0v) is 12.1. The maximum Gasteiger partial charge on any atom is 0.282 e. The van der Waals surface area contributed by atoms with Crippen molar-refractivity contribution in [1.82, 2.24) is 14.5 Å². The summed E-state index contributed by atoms with van der Waals surface area (Å²) in [6.07, 6.45) is 2.18. The van der Waals surface area contributed by atoms with E-state index in [2.05, 4.69) is 14.7 Å². The molecule has 2 aromatic heterocycles. The van der Waals surface area contributed by atoms with Crippen molar-refractivity contribution in [2.45, 2.75) is 31.5 Å². The molecular formula is C10H14N4O3S2. The van der Waals surface area contributed by atoms with Crippen molar-refractivity contribution in [3.8, 4) is 0 Å². The van der Waals surface area contributed by atoms with Crippen LogP contribution in [0, 0.1) is 0 Å². The van der Waals surface area contributed by atoms with Crippen molar-refractivity contribution >= 4 is 26.5 Å². The Morgan fingerprint density at radius 2 is 2.32 bits per heavy atom. The molecule has 19 heavy (non-hydrogen) atoms. The van der Waals surface area contributed by atoms with E-state index in [1.165, 1.54) is 12.5 Å². The van der Waals surface area contributed by atoms with Gasteiger partial charge in [0, 0.05) is 18.1 Å². The number of nitrogens with one attached hydrogen (secondary N) is 1. The second kappa shape index (κ2) is 5.27. The molecule has 1 unspecified atom stereocenters. The molecule has 2 heterocycles. The molecule has 7 nitrogen and oxygen atoms in total. The summed E-state index contributed by atoms with van der Waals surface area (Å²) in [4.78, 5) is 7.83. The van der Waals surface area contributed by atoms with Crippen molar-refractivity contribution in [3.05, 3.63) is 23.6 Å². The Kier molecular flexibility index (Phi) is 3.88. The number of nitrogens with zero attached hydrogens (tertiary/aromatic N) is 3. The van der Waals surface area contributed by atoms with E-state index in [-0.39, 0.29) is 10.2 Å². The van der Waals surface area contributed by atoms with E-state index in [1.807, 2.05) is 6.92 Å². The third-order valence-corrected chi connectivity index (χ3v) is 4.55. The van der Waals surface area contributed by atoms with Crippen molar-refractivity contribution in [1.29, 1.82) is 0 Å². The quantitative estimate of drug-likeness (QED) is 0.865. The van der Waals surface area contributed by atoms with Gasteiger partial charge in [-0.1, -0.05) is 0 Å². The van der Waals surface area contributed by atoms with E-state index in [1.54, 1.807) is 16.9 Å². The summed E-state index contributed by atoms with van der Waals surface area (Å²) in [5, 5.41) is 11.1. The second-order valence-electron chi connectivity index (χ2n) is 3.90. The van der Waals surface area contributed by atoms with E-state index in [4.69, 9.17) is 0 Å². The van der Waals surface area contributed by atoms with Gasteiger partial charge in [-0.05, 0) is 13.8 Å². The molecule has 0 bridgehead atoms. The van der Waals surface area contributed by atoms with Crippen LogP contribution in [-0.2, 0) is 16.6 Å². The van der Waals surface area contributed by atoms with Crippen LogP contribution in [0.1, 0.15) is 25.6 Å². The highest BCUT2D eigenvalue weighted by Gasteiger charge is 2.19. The minimum Gasteiger partial charge on any atom is -0.387 e. The molecule has 0 aliphatic rings. The lowest BCUT2D eigenvalue weighted by atomic mass is 10.3. The summed E-state index contributed by atoms with van der Waals surface area (Å²) in [6.45, 7) is 4.10. The molecule has 0 aromatic carbocycles.